The number of halogens is 1. The fourth-order valence-electron chi connectivity index (χ4n) is 1.33. The molecule has 0 heterocycles. The maximum absolute atomic E-state index is 13.0. The Kier molecular flexibility index (Phi) is 5.20. The third-order valence-electron chi connectivity index (χ3n) is 2.09. The number of ether oxygens (including phenoxy) is 1. The normalized spacial score (nSPS) is 10.7. The Morgan fingerprint density at radius 2 is 2.29 bits per heavy atom. The van der Waals surface area contributed by atoms with E-state index in [1.54, 1.807) is 6.07 Å². The van der Waals surface area contributed by atoms with Gasteiger partial charge in [0.2, 0.25) is 0 Å². The molecule has 4 heteroatoms. The maximum atomic E-state index is 13.0. The highest BCUT2D eigenvalue weighted by Gasteiger charge is 2.04. The van der Waals surface area contributed by atoms with Crippen molar-refractivity contribution in [2.75, 3.05) is 6.61 Å². The zero-order valence-corrected chi connectivity index (χ0v) is 9.65. The number of benzene rings is 1. The summed E-state index contributed by atoms with van der Waals surface area (Å²) < 4.78 is 18.4. The number of carboxylic acids is 1. The van der Waals surface area contributed by atoms with E-state index < -0.39 is 5.97 Å². The average molecular weight is 238 g/mol. The van der Waals surface area contributed by atoms with Gasteiger partial charge in [-0.1, -0.05) is 19.1 Å². The lowest BCUT2D eigenvalue weighted by molar-refractivity contribution is -0.131. The fraction of sp³-hybridized carbons (Fsp3) is 0.308. The average Bonchev–Trinajstić information content (AvgIpc) is 2.28. The first-order valence-corrected chi connectivity index (χ1v) is 5.44. The largest absolute Gasteiger partial charge is 0.493 e. The second kappa shape index (κ2) is 6.68. The molecule has 0 saturated carbocycles. The molecule has 0 spiro atoms. The van der Waals surface area contributed by atoms with Gasteiger partial charge in [-0.3, -0.25) is 0 Å². The summed E-state index contributed by atoms with van der Waals surface area (Å²) >= 11 is 0. The van der Waals surface area contributed by atoms with Crippen molar-refractivity contribution in [1.82, 2.24) is 0 Å². The van der Waals surface area contributed by atoms with Gasteiger partial charge < -0.3 is 9.84 Å². The Balaban J connectivity index is 2.78. The third kappa shape index (κ3) is 4.68. The van der Waals surface area contributed by atoms with E-state index in [4.69, 9.17) is 9.84 Å². The van der Waals surface area contributed by atoms with Gasteiger partial charge >= 0.3 is 5.97 Å². The van der Waals surface area contributed by atoms with Gasteiger partial charge in [-0.05, 0) is 24.5 Å². The van der Waals surface area contributed by atoms with Crippen molar-refractivity contribution >= 4 is 5.97 Å². The van der Waals surface area contributed by atoms with Crippen LogP contribution in [0.4, 0.5) is 4.39 Å². The third-order valence-corrected chi connectivity index (χ3v) is 2.09. The van der Waals surface area contributed by atoms with E-state index in [-0.39, 0.29) is 5.82 Å². The van der Waals surface area contributed by atoms with Crippen molar-refractivity contribution in [3.63, 3.8) is 0 Å². The van der Waals surface area contributed by atoms with Crippen LogP contribution in [-0.2, 0) is 11.2 Å². The zero-order chi connectivity index (χ0) is 12.7. The SMILES string of the molecule is CCCOc1cc(F)ccc1CC=CC(=O)O. The Morgan fingerprint density at radius 1 is 1.53 bits per heavy atom. The van der Waals surface area contributed by atoms with Crippen LogP contribution in [-0.4, -0.2) is 17.7 Å². The number of hydrogen-bond acceptors (Lipinski definition) is 2. The van der Waals surface area contributed by atoms with E-state index in [2.05, 4.69) is 0 Å². The van der Waals surface area contributed by atoms with Crippen LogP contribution in [0.1, 0.15) is 18.9 Å². The number of allylic oxidation sites excluding steroid dienone is 1. The summed E-state index contributed by atoms with van der Waals surface area (Å²) in [4.78, 5) is 10.3. The molecule has 3 nitrogen and oxygen atoms in total. The smallest absolute Gasteiger partial charge is 0.327 e. The highest BCUT2D eigenvalue weighted by molar-refractivity contribution is 5.79. The van der Waals surface area contributed by atoms with Gasteiger partial charge in [0.25, 0.3) is 0 Å². The topological polar surface area (TPSA) is 46.5 Å². The van der Waals surface area contributed by atoms with Crippen molar-refractivity contribution in [3.8, 4) is 5.75 Å². The van der Waals surface area contributed by atoms with Crippen LogP contribution in [0.5, 0.6) is 5.75 Å². The minimum absolute atomic E-state index is 0.359. The first kappa shape index (κ1) is 13.2. The van der Waals surface area contributed by atoms with Crippen LogP contribution in [0.15, 0.2) is 30.4 Å². The lowest BCUT2D eigenvalue weighted by atomic mass is 10.1. The summed E-state index contributed by atoms with van der Waals surface area (Å²) in [5.74, 6) is -0.882. The molecule has 92 valence electrons. The number of carboxylic acid groups (broad SMARTS) is 1. The zero-order valence-electron chi connectivity index (χ0n) is 9.65. The molecule has 0 radical (unpaired) electrons. The lowest BCUT2D eigenvalue weighted by Crippen LogP contribution is -1.99. The highest BCUT2D eigenvalue weighted by atomic mass is 19.1. The summed E-state index contributed by atoms with van der Waals surface area (Å²) in [6.45, 7) is 2.47. The predicted octanol–water partition coefficient (Wildman–Crippen LogP) is 2.80. The van der Waals surface area contributed by atoms with Gasteiger partial charge in [0.05, 0.1) is 6.61 Å². The summed E-state index contributed by atoms with van der Waals surface area (Å²) in [6.07, 6.45) is 3.81. The van der Waals surface area contributed by atoms with Gasteiger partial charge in [-0.15, -0.1) is 0 Å². The summed E-state index contributed by atoms with van der Waals surface area (Å²) in [5, 5.41) is 8.47. The molecule has 0 fully saturated rings. The summed E-state index contributed by atoms with van der Waals surface area (Å²) in [7, 11) is 0. The van der Waals surface area contributed by atoms with E-state index in [9.17, 15) is 9.18 Å². The lowest BCUT2D eigenvalue weighted by Gasteiger charge is -2.09. The molecule has 0 aliphatic rings. The monoisotopic (exact) mass is 238 g/mol. The van der Waals surface area contributed by atoms with E-state index in [0.29, 0.717) is 18.8 Å². The first-order valence-electron chi connectivity index (χ1n) is 5.44. The van der Waals surface area contributed by atoms with E-state index in [1.807, 2.05) is 6.92 Å². The van der Waals surface area contributed by atoms with Crippen LogP contribution in [0.3, 0.4) is 0 Å². The molecule has 0 unspecified atom stereocenters. The second-order valence-corrected chi connectivity index (χ2v) is 3.55. The molecule has 0 aromatic heterocycles. The minimum atomic E-state index is -0.997. The molecule has 1 rings (SSSR count). The van der Waals surface area contributed by atoms with Gasteiger partial charge in [0.15, 0.2) is 0 Å². The Morgan fingerprint density at radius 3 is 2.94 bits per heavy atom. The molecular formula is C13H15FO3. The number of hydrogen-bond donors (Lipinski definition) is 1. The Labute approximate surface area is 99.5 Å². The van der Waals surface area contributed by atoms with Crippen LogP contribution < -0.4 is 4.74 Å². The van der Waals surface area contributed by atoms with Crippen molar-refractivity contribution in [3.05, 3.63) is 41.7 Å². The van der Waals surface area contributed by atoms with Gasteiger partial charge in [0, 0.05) is 12.1 Å². The summed E-state index contributed by atoms with van der Waals surface area (Å²) in [6, 6.07) is 4.26. The molecule has 0 aliphatic heterocycles. The molecule has 0 bridgehead atoms. The molecule has 1 N–H and O–H groups in total. The quantitative estimate of drug-likeness (QED) is 0.775. The standard InChI is InChI=1S/C13H15FO3/c1-2-8-17-12-9-11(14)7-6-10(12)4-3-5-13(15)16/h3,5-7,9H,2,4,8H2,1H3,(H,15,16). The first-order chi connectivity index (χ1) is 8.13. The van der Waals surface area contributed by atoms with E-state index in [1.165, 1.54) is 18.2 Å². The van der Waals surface area contributed by atoms with Gasteiger partial charge in [-0.25, -0.2) is 9.18 Å². The molecule has 0 saturated heterocycles. The second-order valence-electron chi connectivity index (χ2n) is 3.55. The number of carbonyl (C=O) groups is 1. The van der Waals surface area contributed by atoms with Crippen molar-refractivity contribution in [2.24, 2.45) is 0 Å². The van der Waals surface area contributed by atoms with Gasteiger partial charge in [-0.2, -0.15) is 0 Å². The van der Waals surface area contributed by atoms with Crippen LogP contribution in [0, 0.1) is 5.82 Å². The Bertz CT molecular complexity index is 413. The van der Waals surface area contributed by atoms with Crippen LogP contribution in [0.2, 0.25) is 0 Å². The summed E-state index contributed by atoms with van der Waals surface area (Å²) in [5.41, 5.74) is 0.775. The molecule has 0 amide bonds. The van der Waals surface area contributed by atoms with Crippen molar-refractivity contribution in [2.45, 2.75) is 19.8 Å². The number of rotatable bonds is 6. The molecule has 1 aromatic carbocycles. The van der Waals surface area contributed by atoms with E-state index in [0.717, 1.165) is 18.1 Å². The minimum Gasteiger partial charge on any atom is -0.493 e. The highest BCUT2D eigenvalue weighted by Crippen LogP contribution is 2.21. The maximum Gasteiger partial charge on any atom is 0.327 e. The molecule has 1 aromatic rings. The molecule has 0 atom stereocenters. The Hall–Kier alpha value is -1.84. The van der Waals surface area contributed by atoms with Crippen LogP contribution >= 0.6 is 0 Å². The molecule has 0 aliphatic carbocycles. The molecular weight excluding hydrogens is 223 g/mol. The fourth-order valence-corrected chi connectivity index (χ4v) is 1.33. The van der Waals surface area contributed by atoms with Crippen LogP contribution in [0.25, 0.3) is 0 Å². The molecule has 17 heavy (non-hydrogen) atoms. The van der Waals surface area contributed by atoms with Crippen molar-refractivity contribution < 1.29 is 19.0 Å². The van der Waals surface area contributed by atoms with Crippen molar-refractivity contribution in [1.29, 1.82) is 0 Å². The predicted molar refractivity (Wildman–Crippen MR) is 62.7 cm³/mol. The van der Waals surface area contributed by atoms with Gasteiger partial charge in [0.1, 0.15) is 11.6 Å². The number of aliphatic carboxylic acids is 1. The van der Waals surface area contributed by atoms with E-state index >= 15 is 0 Å².